The summed E-state index contributed by atoms with van der Waals surface area (Å²) in [6, 6.07) is 1.99. The summed E-state index contributed by atoms with van der Waals surface area (Å²) < 4.78 is 13.3. The molecule has 1 N–H and O–H groups in total. The molecule has 0 saturated carbocycles. The van der Waals surface area contributed by atoms with Crippen LogP contribution in [0.3, 0.4) is 0 Å². The lowest BCUT2D eigenvalue weighted by molar-refractivity contribution is 0.554. The Morgan fingerprint density at radius 3 is 2.72 bits per heavy atom. The molecule has 3 nitrogen and oxygen atoms in total. The van der Waals surface area contributed by atoms with E-state index in [2.05, 4.69) is 29.0 Å². The number of hydrogen-bond donors (Lipinski definition) is 1. The zero-order valence-corrected chi connectivity index (χ0v) is 11.2. The van der Waals surface area contributed by atoms with Gasteiger partial charge in [-0.25, -0.2) is 9.37 Å². The monoisotopic (exact) mass is 251 g/mol. The molecule has 0 bridgehead atoms. The van der Waals surface area contributed by atoms with Crippen LogP contribution in [0.2, 0.25) is 0 Å². The second kappa shape index (κ2) is 6.14. The van der Waals surface area contributed by atoms with E-state index in [0.717, 1.165) is 24.5 Å². The van der Waals surface area contributed by atoms with Crippen LogP contribution in [-0.2, 0) is 6.54 Å². The van der Waals surface area contributed by atoms with E-state index in [-0.39, 0.29) is 5.82 Å². The summed E-state index contributed by atoms with van der Waals surface area (Å²) in [5, 5.41) is 3.34. The van der Waals surface area contributed by atoms with Gasteiger partial charge in [-0.1, -0.05) is 13.8 Å². The molecule has 1 aromatic heterocycles. The predicted molar refractivity (Wildman–Crippen MR) is 72.2 cm³/mol. The average molecular weight is 251 g/mol. The number of hydrogen-bond acceptors (Lipinski definition) is 3. The van der Waals surface area contributed by atoms with Crippen molar-refractivity contribution in [3.05, 3.63) is 23.6 Å². The Bertz CT molecular complexity index is 387. The van der Waals surface area contributed by atoms with Crippen LogP contribution < -0.4 is 10.2 Å². The van der Waals surface area contributed by atoms with Crippen LogP contribution in [0.15, 0.2) is 12.3 Å². The fraction of sp³-hybridized carbons (Fsp3) is 0.643. The number of halogens is 1. The van der Waals surface area contributed by atoms with Crippen molar-refractivity contribution in [1.29, 1.82) is 0 Å². The van der Waals surface area contributed by atoms with Gasteiger partial charge in [-0.3, -0.25) is 0 Å². The van der Waals surface area contributed by atoms with E-state index < -0.39 is 0 Å². The molecular weight excluding hydrogens is 229 g/mol. The molecule has 0 unspecified atom stereocenters. The Hall–Kier alpha value is -1.16. The minimum absolute atomic E-state index is 0.253. The summed E-state index contributed by atoms with van der Waals surface area (Å²) >= 11 is 0. The fourth-order valence-electron chi connectivity index (χ4n) is 2.31. The summed E-state index contributed by atoms with van der Waals surface area (Å²) in [6.07, 6.45) is 5.02. The molecule has 4 heteroatoms. The first kappa shape index (κ1) is 13.3. The van der Waals surface area contributed by atoms with Crippen molar-refractivity contribution in [2.24, 2.45) is 0 Å². The standard InChI is InChI=1S/C14H22FN3/c1-11(2)16-9-12-8-13(15)10-17-14(12)18-6-4-3-5-7-18/h8,10-11,16H,3-7,9H2,1-2H3. The third kappa shape index (κ3) is 3.42. The normalized spacial score (nSPS) is 16.3. The molecule has 1 aliphatic heterocycles. The highest BCUT2D eigenvalue weighted by Crippen LogP contribution is 2.22. The van der Waals surface area contributed by atoms with Crippen molar-refractivity contribution in [2.75, 3.05) is 18.0 Å². The van der Waals surface area contributed by atoms with E-state index in [4.69, 9.17) is 0 Å². The quantitative estimate of drug-likeness (QED) is 0.892. The summed E-state index contributed by atoms with van der Waals surface area (Å²) in [6.45, 7) is 6.93. The Balaban J connectivity index is 2.16. The van der Waals surface area contributed by atoms with E-state index in [1.165, 1.54) is 25.5 Å². The Labute approximate surface area is 108 Å². The van der Waals surface area contributed by atoms with E-state index in [0.29, 0.717) is 12.6 Å². The maximum absolute atomic E-state index is 13.3. The number of piperidine rings is 1. The zero-order chi connectivity index (χ0) is 13.0. The van der Waals surface area contributed by atoms with E-state index >= 15 is 0 Å². The van der Waals surface area contributed by atoms with Gasteiger partial charge in [-0.15, -0.1) is 0 Å². The highest BCUT2D eigenvalue weighted by molar-refractivity contribution is 5.47. The van der Waals surface area contributed by atoms with Crippen LogP contribution in [0.1, 0.15) is 38.7 Å². The van der Waals surface area contributed by atoms with Crippen molar-refractivity contribution in [3.8, 4) is 0 Å². The molecule has 1 fully saturated rings. The van der Waals surface area contributed by atoms with Crippen molar-refractivity contribution in [3.63, 3.8) is 0 Å². The molecule has 0 radical (unpaired) electrons. The van der Waals surface area contributed by atoms with Crippen molar-refractivity contribution >= 4 is 5.82 Å². The molecule has 2 heterocycles. The van der Waals surface area contributed by atoms with Crippen molar-refractivity contribution < 1.29 is 4.39 Å². The maximum Gasteiger partial charge on any atom is 0.141 e. The minimum atomic E-state index is -0.253. The lowest BCUT2D eigenvalue weighted by Crippen LogP contribution is -2.32. The number of rotatable bonds is 4. The first-order valence-electron chi connectivity index (χ1n) is 6.79. The molecule has 18 heavy (non-hydrogen) atoms. The first-order valence-corrected chi connectivity index (χ1v) is 6.79. The molecule has 1 aliphatic rings. The molecule has 0 aliphatic carbocycles. The second-order valence-corrected chi connectivity index (χ2v) is 5.22. The van der Waals surface area contributed by atoms with Crippen LogP contribution in [0.25, 0.3) is 0 Å². The zero-order valence-electron chi connectivity index (χ0n) is 11.2. The molecule has 1 aromatic rings. The van der Waals surface area contributed by atoms with E-state index in [1.54, 1.807) is 6.07 Å². The van der Waals surface area contributed by atoms with Crippen molar-refractivity contribution in [1.82, 2.24) is 10.3 Å². The van der Waals surface area contributed by atoms with E-state index in [9.17, 15) is 4.39 Å². The van der Waals surface area contributed by atoms with Crippen LogP contribution in [0.4, 0.5) is 10.2 Å². The van der Waals surface area contributed by atoms with Gasteiger partial charge < -0.3 is 10.2 Å². The molecule has 1 saturated heterocycles. The summed E-state index contributed by atoms with van der Waals surface area (Å²) in [7, 11) is 0. The van der Waals surface area contributed by atoms with Gasteiger partial charge in [-0.05, 0) is 25.3 Å². The molecule has 0 aromatic carbocycles. The van der Waals surface area contributed by atoms with Gasteiger partial charge in [0.25, 0.3) is 0 Å². The highest BCUT2D eigenvalue weighted by atomic mass is 19.1. The number of nitrogens with one attached hydrogen (secondary N) is 1. The number of aromatic nitrogens is 1. The molecule has 100 valence electrons. The SMILES string of the molecule is CC(C)NCc1cc(F)cnc1N1CCCCC1. The third-order valence-corrected chi connectivity index (χ3v) is 3.27. The van der Waals surface area contributed by atoms with Gasteiger partial charge >= 0.3 is 0 Å². The predicted octanol–water partition coefficient (Wildman–Crippen LogP) is 2.71. The molecule has 0 atom stereocenters. The van der Waals surface area contributed by atoms with E-state index in [1.807, 2.05) is 0 Å². The molecule has 0 spiro atoms. The van der Waals surface area contributed by atoms with Gasteiger partial charge in [0, 0.05) is 31.2 Å². The Morgan fingerprint density at radius 1 is 1.33 bits per heavy atom. The van der Waals surface area contributed by atoms with Crippen LogP contribution in [-0.4, -0.2) is 24.1 Å². The van der Waals surface area contributed by atoms with Crippen LogP contribution in [0, 0.1) is 5.82 Å². The topological polar surface area (TPSA) is 28.2 Å². The molecule has 0 amide bonds. The molecule has 2 rings (SSSR count). The Kier molecular flexibility index (Phi) is 4.53. The van der Waals surface area contributed by atoms with Crippen LogP contribution in [0.5, 0.6) is 0 Å². The lowest BCUT2D eigenvalue weighted by Gasteiger charge is -2.29. The number of anilines is 1. The van der Waals surface area contributed by atoms with Gasteiger partial charge in [0.1, 0.15) is 11.6 Å². The Morgan fingerprint density at radius 2 is 2.06 bits per heavy atom. The summed E-state index contributed by atoms with van der Waals surface area (Å²) in [5.74, 6) is 0.695. The summed E-state index contributed by atoms with van der Waals surface area (Å²) in [5.41, 5.74) is 0.964. The smallest absolute Gasteiger partial charge is 0.141 e. The third-order valence-electron chi connectivity index (χ3n) is 3.27. The minimum Gasteiger partial charge on any atom is -0.356 e. The molecular formula is C14H22FN3. The lowest BCUT2D eigenvalue weighted by atomic mass is 10.1. The van der Waals surface area contributed by atoms with Crippen LogP contribution >= 0.6 is 0 Å². The highest BCUT2D eigenvalue weighted by Gasteiger charge is 2.16. The van der Waals surface area contributed by atoms with Gasteiger partial charge in [0.2, 0.25) is 0 Å². The van der Waals surface area contributed by atoms with Gasteiger partial charge in [-0.2, -0.15) is 0 Å². The second-order valence-electron chi connectivity index (χ2n) is 5.22. The average Bonchev–Trinajstić information content (AvgIpc) is 2.37. The summed E-state index contributed by atoms with van der Waals surface area (Å²) in [4.78, 5) is 6.57. The maximum atomic E-state index is 13.3. The first-order chi connectivity index (χ1) is 8.66. The van der Waals surface area contributed by atoms with Gasteiger partial charge in [0.15, 0.2) is 0 Å². The largest absolute Gasteiger partial charge is 0.356 e. The van der Waals surface area contributed by atoms with Gasteiger partial charge in [0.05, 0.1) is 6.20 Å². The number of pyridine rings is 1. The fourth-order valence-corrected chi connectivity index (χ4v) is 2.31. The van der Waals surface area contributed by atoms with Crippen molar-refractivity contribution in [2.45, 2.75) is 45.7 Å². The number of nitrogens with zero attached hydrogens (tertiary/aromatic N) is 2.